The second-order valence-corrected chi connectivity index (χ2v) is 11.0. The SMILES string of the molecule is COC(=O)c1ccc(/C=C2\Sc3cc(S(=O)(=O)Cc4c(C)cccc4C)ccc3NC2=O)cc1. The van der Waals surface area contributed by atoms with Gasteiger partial charge in [0.25, 0.3) is 5.91 Å². The number of aryl methyl sites for hydroxylation is 2. The Bertz CT molecular complexity index is 1400. The fraction of sp³-hybridized carbons (Fsp3) is 0.154. The van der Waals surface area contributed by atoms with Crippen LogP contribution in [0.5, 0.6) is 0 Å². The van der Waals surface area contributed by atoms with Crippen LogP contribution in [-0.2, 0) is 25.1 Å². The molecule has 1 aliphatic rings. The number of hydrogen-bond acceptors (Lipinski definition) is 6. The Kier molecular flexibility index (Phi) is 6.63. The van der Waals surface area contributed by atoms with Gasteiger partial charge in [-0.15, -0.1) is 0 Å². The molecule has 0 radical (unpaired) electrons. The molecule has 0 aromatic heterocycles. The predicted octanol–water partition coefficient (Wildman–Crippen LogP) is 5.15. The lowest BCUT2D eigenvalue weighted by Crippen LogP contribution is -2.18. The summed E-state index contributed by atoms with van der Waals surface area (Å²) in [7, 11) is -2.27. The molecule has 34 heavy (non-hydrogen) atoms. The molecular weight excluding hydrogens is 470 g/mol. The lowest BCUT2D eigenvalue weighted by atomic mass is 10.1. The van der Waals surface area contributed by atoms with Gasteiger partial charge in [0.1, 0.15) is 0 Å². The molecule has 0 fully saturated rings. The molecule has 1 heterocycles. The van der Waals surface area contributed by atoms with E-state index in [2.05, 4.69) is 5.32 Å². The number of amides is 1. The maximum Gasteiger partial charge on any atom is 0.337 e. The molecule has 8 heteroatoms. The zero-order valence-electron chi connectivity index (χ0n) is 18.9. The maximum absolute atomic E-state index is 13.2. The predicted molar refractivity (Wildman–Crippen MR) is 133 cm³/mol. The third-order valence-corrected chi connectivity index (χ3v) is 8.33. The van der Waals surface area contributed by atoms with Crippen molar-refractivity contribution in [3.8, 4) is 0 Å². The zero-order valence-corrected chi connectivity index (χ0v) is 20.5. The molecule has 174 valence electrons. The van der Waals surface area contributed by atoms with Crippen LogP contribution in [0.1, 0.15) is 32.6 Å². The third kappa shape index (κ3) is 4.93. The van der Waals surface area contributed by atoms with Crippen molar-refractivity contribution in [3.05, 3.63) is 93.4 Å². The van der Waals surface area contributed by atoms with Gasteiger partial charge in [-0.1, -0.05) is 42.1 Å². The Morgan fingerprint density at radius 3 is 2.35 bits per heavy atom. The molecule has 4 rings (SSSR count). The van der Waals surface area contributed by atoms with E-state index in [1.54, 1.807) is 42.5 Å². The summed E-state index contributed by atoms with van der Waals surface area (Å²) in [6.07, 6.45) is 1.70. The minimum atomic E-state index is -3.59. The van der Waals surface area contributed by atoms with Crippen LogP contribution < -0.4 is 5.32 Å². The van der Waals surface area contributed by atoms with Crippen LogP contribution in [-0.4, -0.2) is 27.4 Å². The number of hydrogen-bond donors (Lipinski definition) is 1. The molecule has 0 spiro atoms. The van der Waals surface area contributed by atoms with Crippen molar-refractivity contribution in [1.82, 2.24) is 0 Å². The van der Waals surface area contributed by atoms with Gasteiger partial charge >= 0.3 is 5.97 Å². The van der Waals surface area contributed by atoms with Gasteiger partial charge in [0.2, 0.25) is 0 Å². The van der Waals surface area contributed by atoms with Gasteiger partial charge in [0.15, 0.2) is 9.84 Å². The average Bonchev–Trinajstić information content (AvgIpc) is 2.81. The summed E-state index contributed by atoms with van der Waals surface area (Å²) in [6, 6.07) is 17.2. The van der Waals surface area contributed by atoms with Gasteiger partial charge in [0, 0.05) is 4.90 Å². The number of ether oxygens (including phenoxy) is 1. The van der Waals surface area contributed by atoms with E-state index in [-0.39, 0.29) is 16.6 Å². The lowest BCUT2D eigenvalue weighted by Gasteiger charge is -2.20. The fourth-order valence-corrected chi connectivity index (χ4v) is 6.30. The van der Waals surface area contributed by atoms with Crippen LogP contribution in [0, 0.1) is 13.8 Å². The minimum absolute atomic E-state index is 0.0867. The molecule has 1 aliphatic heterocycles. The third-order valence-electron chi connectivity index (χ3n) is 5.61. The summed E-state index contributed by atoms with van der Waals surface area (Å²) in [4.78, 5) is 25.5. The first kappa shape index (κ1) is 23.8. The van der Waals surface area contributed by atoms with Crippen molar-refractivity contribution in [2.24, 2.45) is 0 Å². The largest absolute Gasteiger partial charge is 0.465 e. The van der Waals surface area contributed by atoms with Gasteiger partial charge in [-0.25, -0.2) is 13.2 Å². The van der Waals surface area contributed by atoms with E-state index in [0.717, 1.165) is 22.3 Å². The molecule has 0 bridgehead atoms. The molecule has 3 aromatic rings. The number of carbonyl (C=O) groups excluding carboxylic acids is 2. The number of methoxy groups -OCH3 is 1. The van der Waals surface area contributed by atoms with Crippen molar-refractivity contribution in [1.29, 1.82) is 0 Å². The first-order chi connectivity index (χ1) is 16.2. The number of nitrogens with one attached hydrogen (secondary N) is 1. The molecule has 0 atom stereocenters. The quantitative estimate of drug-likeness (QED) is 0.391. The summed E-state index contributed by atoms with van der Waals surface area (Å²) in [6.45, 7) is 3.82. The number of rotatable bonds is 5. The Morgan fingerprint density at radius 2 is 1.71 bits per heavy atom. The van der Waals surface area contributed by atoms with E-state index < -0.39 is 15.8 Å². The Balaban J connectivity index is 1.62. The summed E-state index contributed by atoms with van der Waals surface area (Å²) in [5.41, 5.74) is 4.39. The van der Waals surface area contributed by atoms with E-state index in [9.17, 15) is 18.0 Å². The molecule has 0 unspecified atom stereocenters. The normalized spacial score (nSPS) is 14.4. The maximum atomic E-state index is 13.2. The lowest BCUT2D eigenvalue weighted by molar-refractivity contribution is -0.112. The minimum Gasteiger partial charge on any atom is -0.465 e. The second kappa shape index (κ2) is 9.48. The number of fused-ring (bicyclic) bond motifs is 1. The second-order valence-electron chi connectivity index (χ2n) is 7.97. The highest BCUT2D eigenvalue weighted by atomic mass is 32.2. The van der Waals surface area contributed by atoms with Gasteiger partial charge < -0.3 is 10.1 Å². The van der Waals surface area contributed by atoms with Crippen LogP contribution in [0.3, 0.4) is 0 Å². The molecule has 1 N–H and O–H groups in total. The number of anilines is 1. The Hall–Kier alpha value is -3.36. The molecule has 0 saturated carbocycles. The highest BCUT2D eigenvalue weighted by molar-refractivity contribution is 8.04. The van der Waals surface area contributed by atoms with Crippen molar-refractivity contribution >= 4 is 45.2 Å². The number of benzene rings is 3. The summed E-state index contributed by atoms with van der Waals surface area (Å²) < 4.78 is 31.1. The van der Waals surface area contributed by atoms with Gasteiger partial charge in [0.05, 0.1) is 33.9 Å². The number of sulfone groups is 1. The molecule has 0 saturated heterocycles. The topological polar surface area (TPSA) is 89.5 Å². The van der Waals surface area contributed by atoms with E-state index in [1.807, 2.05) is 32.0 Å². The standard InChI is InChI=1S/C26H23NO5S2/c1-16-5-4-6-17(2)21(16)15-34(30,31)20-11-12-22-23(14-20)33-24(25(28)27-22)13-18-7-9-19(10-8-18)26(29)32-3/h4-14H,15H2,1-3H3,(H,27,28)/b24-13-. The molecular formula is C26H23NO5S2. The molecule has 0 aliphatic carbocycles. The smallest absolute Gasteiger partial charge is 0.337 e. The van der Waals surface area contributed by atoms with Crippen LogP contribution >= 0.6 is 11.8 Å². The summed E-state index contributed by atoms with van der Waals surface area (Å²) in [5.74, 6) is -0.801. The van der Waals surface area contributed by atoms with Crippen LogP contribution in [0.4, 0.5) is 5.69 Å². The van der Waals surface area contributed by atoms with Crippen LogP contribution in [0.25, 0.3) is 6.08 Å². The molecule has 6 nitrogen and oxygen atoms in total. The van der Waals surface area contributed by atoms with Gasteiger partial charge in [-0.05, 0) is 72.5 Å². The first-order valence-corrected chi connectivity index (χ1v) is 13.0. The van der Waals surface area contributed by atoms with Crippen molar-refractivity contribution < 1.29 is 22.7 Å². The van der Waals surface area contributed by atoms with Gasteiger partial charge in [-0.3, -0.25) is 4.79 Å². The number of carbonyl (C=O) groups is 2. The number of thioether (sulfide) groups is 1. The summed E-state index contributed by atoms with van der Waals surface area (Å²) in [5, 5.41) is 2.82. The Labute approximate surface area is 203 Å². The van der Waals surface area contributed by atoms with Gasteiger partial charge in [-0.2, -0.15) is 0 Å². The van der Waals surface area contributed by atoms with Crippen LogP contribution in [0.15, 0.2) is 75.4 Å². The van der Waals surface area contributed by atoms with Crippen molar-refractivity contribution in [2.45, 2.75) is 29.4 Å². The highest BCUT2D eigenvalue weighted by Gasteiger charge is 2.25. The number of esters is 1. The van der Waals surface area contributed by atoms with Crippen LogP contribution in [0.2, 0.25) is 0 Å². The first-order valence-electron chi connectivity index (χ1n) is 10.5. The average molecular weight is 494 g/mol. The Morgan fingerprint density at radius 1 is 1.03 bits per heavy atom. The van der Waals surface area contributed by atoms with E-state index in [1.165, 1.54) is 24.9 Å². The van der Waals surface area contributed by atoms with E-state index in [0.29, 0.717) is 21.1 Å². The van der Waals surface area contributed by atoms with E-state index >= 15 is 0 Å². The molecule has 1 amide bonds. The summed E-state index contributed by atoms with van der Waals surface area (Å²) >= 11 is 1.21. The fourth-order valence-electron chi connectivity index (χ4n) is 3.66. The van der Waals surface area contributed by atoms with E-state index in [4.69, 9.17) is 4.74 Å². The van der Waals surface area contributed by atoms with Crippen molar-refractivity contribution in [3.63, 3.8) is 0 Å². The van der Waals surface area contributed by atoms with Crippen molar-refractivity contribution in [2.75, 3.05) is 12.4 Å². The molecule has 3 aromatic carbocycles. The highest BCUT2D eigenvalue weighted by Crippen LogP contribution is 2.40. The zero-order chi connectivity index (χ0) is 24.5. The monoisotopic (exact) mass is 493 g/mol.